The molecular formula is C14H18BrNO2. The van der Waals surface area contributed by atoms with Crippen LogP contribution in [-0.2, 0) is 10.3 Å². The number of halogens is 1. The largest absolute Gasteiger partial charge is 0.481 e. The summed E-state index contributed by atoms with van der Waals surface area (Å²) in [6.45, 7) is 4.01. The van der Waals surface area contributed by atoms with E-state index in [9.17, 15) is 9.90 Å². The van der Waals surface area contributed by atoms with Gasteiger partial charge in [-0.2, -0.15) is 0 Å². The molecule has 1 fully saturated rings. The maximum absolute atomic E-state index is 11.2. The van der Waals surface area contributed by atoms with E-state index in [1.807, 2.05) is 31.2 Å². The second-order valence-corrected chi connectivity index (χ2v) is 5.96. The van der Waals surface area contributed by atoms with Crippen LogP contribution in [0.2, 0.25) is 0 Å². The van der Waals surface area contributed by atoms with Gasteiger partial charge in [0.2, 0.25) is 0 Å². The van der Waals surface area contributed by atoms with Crippen LogP contribution in [-0.4, -0.2) is 29.1 Å². The van der Waals surface area contributed by atoms with Crippen LogP contribution in [0.4, 0.5) is 0 Å². The molecule has 1 aromatic carbocycles. The standard InChI is InChI=1S/C14H18BrNO2/c1-14(10-13(17)18,16-8-2-3-9-16)11-4-6-12(15)7-5-11/h4-7H,2-3,8-10H2,1H3,(H,17,18). The van der Waals surface area contributed by atoms with Crippen molar-refractivity contribution in [2.75, 3.05) is 13.1 Å². The van der Waals surface area contributed by atoms with E-state index in [4.69, 9.17) is 0 Å². The highest BCUT2D eigenvalue weighted by atomic mass is 79.9. The van der Waals surface area contributed by atoms with Gasteiger partial charge >= 0.3 is 5.97 Å². The number of benzene rings is 1. The van der Waals surface area contributed by atoms with Crippen LogP contribution in [0.5, 0.6) is 0 Å². The van der Waals surface area contributed by atoms with E-state index in [0.717, 1.165) is 36.0 Å². The maximum Gasteiger partial charge on any atom is 0.305 e. The topological polar surface area (TPSA) is 40.5 Å². The zero-order chi connectivity index (χ0) is 13.2. The van der Waals surface area contributed by atoms with Gasteiger partial charge in [-0.25, -0.2) is 0 Å². The Labute approximate surface area is 116 Å². The number of likely N-dealkylation sites (tertiary alicyclic amines) is 1. The Balaban J connectivity index is 2.33. The summed E-state index contributed by atoms with van der Waals surface area (Å²) >= 11 is 3.42. The van der Waals surface area contributed by atoms with E-state index in [1.165, 1.54) is 0 Å². The first-order valence-corrected chi connectivity index (χ1v) is 7.04. The predicted octanol–water partition coefficient (Wildman–Crippen LogP) is 3.23. The summed E-state index contributed by atoms with van der Waals surface area (Å²) in [4.78, 5) is 13.5. The Bertz CT molecular complexity index is 426. The second kappa shape index (κ2) is 5.41. The van der Waals surface area contributed by atoms with E-state index in [0.29, 0.717) is 0 Å². The molecular weight excluding hydrogens is 294 g/mol. The molecule has 0 spiro atoms. The predicted molar refractivity (Wildman–Crippen MR) is 74.6 cm³/mol. The number of aliphatic carboxylic acids is 1. The van der Waals surface area contributed by atoms with Crippen molar-refractivity contribution in [3.05, 3.63) is 34.3 Å². The fraction of sp³-hybridized carbons (Fsp3) is 0.500. The van der Waals surface area contributed by atoms with Crippen LogP contribution < -0.4 is 0 Å². The van der Waals surface area contributed by atoms with Gasteiger partial charge in [-0.05, 0) is 50.6 Å². The molecule has 18 heavy (non-hydrogen) atoms. The van der Waals surface area contributed by atoms with Crippen LogP contribution in [0, 0.1) is 0 Å². The summed E-state index contributed by atoms with van der Waals surface area (Å²) in [5.74, 6) is -0.743. The summed E-state index contributed by atoms with van der Waals surface area (Å²) in [5.41, 5.74) is 0.679. The van der Waals surface area contributed by atoms with Crippen molar-refractivity contribution in [1.29, 1.82) is 0 Å². The minimum absolute atomic E-state index is 0.147. The van der Waals surface area contributed by atoms with Gasteiger partial charge in [0, 0.05) is 4.47 Å². The van der Waals surface area contributed by atoms with E-state index >= 15 is 0 Å². The van der Waals surface area contributed by atoms with Gasteiger partial charge in [0.15, 0.2) is 0 Å². The molecule has 0 saturated carbocycles. The second-order valence-electron chi connectivity index (χ2n) is 5.05. The minimum Gasteiger partial charge on any atom is -0.481 e. The number of carboxylic acids is 1. The van der Waals surface area contributed by atoms with Gasteiger partial charge < -0.3 is 5.11 Å². The first-order chi connectivity index (χ1) is 8.52. The molecule has 2 rings (SSSR count). The monoisotopic (exact) mass is 311 g/mol. The zero-order valence-corrected chi connectivity index (χ0v) is 12.1. The van der Waals surface area contributed by atoms with Gasteiger partial charge in [-0.15, -0.1) is 0 Å². The number of carbonyl (C=O) groups is 1. The molecule has 98 valence electrons. The first-order valence-electron chi connectivity index (χ1n) is 6.25. The molecule has 0 aliphatic carbocycles. The van der Waals surface area contributed by atoms with Crippen molar-refractivity contribution >= 4 is 21.9 Å². The van der Waals surface area contributed by atoms with E-state index in [1.54, 1.807) is 0 Å². The molecule has 1 aliphatic rings. The average molecular weight is 312 g/mol. The molecule has 1 heterocycles. The van der Waals surface area contributed by atoms with E-state index < -0.39 is 11.5 Å². The Hall–Kier alpha value is -0.870. The van der Waals surface area contributed by atoms with Crippen molar-refractivity contribution in [3.8, 4) is 0 Å². The molecule has 0 aromatic heterocycles. The van der Waals surface area contributed by atoms with Crippen LogP contribution >= 0.6 is 15.9 Å². The maximum atomic E-state index is 11.2. The third kappa shape index (κ3) is 2.75. The fourth-order valence-electron chi connectivity index (χ4n) is 2.71. The average Bonchev–Trinajstić information content (AvgIpc) is 2.82. The molecule has 1 aliphatic heterocycles. The summed E-state index contributed by atoms with van der Waals surface area (Å²) in [5, 5.41) is 9.19. The molecule has 1 aromatic rings. The molecule has 3 nitrogen and oxygen atoms in total. The minimum atomic E-state index is -0.743. The SMILES string of the molecule is CC(CC(=O)O)(c1ccc(Br)cc1)N1CCCC1. The lowest BCUT2D eigenvalue weighted by Crippen LogP contribution is -2.43. The highest BCUT2D eigenvalue weighted by molar-refractivity contribution is 9.10. The number of hydrogen-bond donors (Lipinski definition) is 1. The lowest BCUT2D eigenvalue weighted by Gasteiger charge is -2.38. The van der Waals surface area contributed by atoms with Gasteiger partial charge in [-0.3, -0.25) is 9.69 Å². The highest BCUT2D eigenvalue weighted by Gasteiger charge is 2.37. The van der Waals surface area contributed by atoms with E-state index in [2.05, 4.69) is 20.8 Å². The summed E-state index contributed by atoms with van der Waals surface area (Å²) in [6.07, 6.45) is 2.46. The number of rotatable bonds is 4. The Morgan fingerprint density at radius 2 is 1.89 bits per heavy atom. The zero-order valence-electron chi connectivity index (χ0n) is 10.5. The van der Waals surface area contributed by atoms with Crippen molar-refractivity contribution in [2.45, 2.75) is 31.7 Å². The van der Waals surface area contributed by atoms with Crippen molar-refractivity contribution in [1.82, 2.24) is 4.90 Å². The lowest BCUT2D eigenvalue weighted by atomic mass is 9.87. The first kappa shape index (κ1) is 13.6. The highest BCUT2D eigenvalue weighted by Crippen LogP contribution is 2.35. The van der Waals surface area contributed by atoms with Gasteiger partial charge in [0.05, 0.1) is 12.0 Å². The van der Waals surface area contributed by atoms with E-state index in [-0.39, 0.29) is 6.42 Å². The van der Waals surface area contributed by atoms with Crippen LogP contribution in [0.25, 0.3) is 0 Å². The molecule has 1 saturated heterocycles. The molecule has 4 heteroatoms. The van der Waals surface area contributed by atoms with Crippen LogP contribution in [0.1, 0.15) is 31.7 Å². The van der Waals surface area contributed by atoms with Gasteiger partial charge in [0.25, 0.3) is 0 Å². The third-order valence-corrected chi connectivity index (χ3v) is 4.29. The Morgan fingerprint density at radius 1 is 1.33 bits per heavy atom. The summed E-state index contributed by atoms with van der Waals surface area (Å²) in [7, 11) is 0. The Morgan fingerprint density at radius 3 is 2.39 bits per heavy atom. The molecule has 1 N–H and O–H groups in total. The van der Waals surface area contributed by atoms with Crippen molar-refractivity contribution in [2.24, 2.45) is 0 Å². The van der Waals surface area contributed by atoms with Crippen molar-refractivity contribution in [3.63, 3.8) is 0 Å². The van der Waals surface area contributed by atoms with Gasteiger partial charge in [0.1, 0.15) is 0 Å². The number of nitrogens with zero attached hydrogens (tertiary/aromatic N) is 1. The summed E-state index contributed by atoms with van der Waals surface area (Å²) < 4.78 is 1.02. The van der Waals surface area contributed by atoms with Crippen LogP contribution in [0.15, 0.2) is 28.7 Å². The molecule has 0 bridgehead atoms. The smallest absolute Gasteiger partial charge is 0.305 e. The molecule has 1 unspecified atom stereocenters. The number of carboxylic acid groups (broad SMARTS) is 1. The quantitative estimate of drug-likeness (QED) is 0.928. The van der Waals surface area contributed by atoms with Crippen molar-refractivity contribution < 1.29 is 9.90 Å². The summed E-state index contributed by atoms with van der Waals surface area (Å²) in [6, 6.07) is 7.99. The van der Waals surface area contributed by atoms with Crippen LogP contribution in [0.3, 0.4) is 0 Å². The van der Waals surface area contributed by atoms with Gasteiger partial charge in [-0.1, -0.05) is 28.1 Å². The normalized spacial score (nSPS) is 19.7. The lowest BCUT2D eigenvalue weighted by molar-refractivity contribution is -0.140. The number of hydrogen-bond acceptors (Lipinski definition) is 2. The third-order valence-electron chi connectivity index (χ3n) is 3.77. The Kier molecular flexibility index (Phi) is 4.07. The molecule has 1 atom stereocenters. The molecule has 0 amide bonds. The fourth-order valence-corrected chi connectivity index (χ4v) is 2.97. The molecule has 0 radical (unpaired) electrons.